The van der Waals surface area contributed by atoms with E-state index in [0.717, 1.165) is 16.2 Å². The standard InChI is InChI=1S/C12H13NO2S/c1-9-3-4-10(14-2)11(5-9)16-12(6-13)7-15-8-12/h3-5H,7-8H2,1-2H3. The van der Waals surface area contributed by atoms with Gasteiger partial charge in [0.1, 0.15) is 5.75 Å². The van der Waals surface area contributed by atoms with E-state index >= 15 is 0 Å². The van der Waals surface area contributed by atoms with E-state index in [0.29, 0.717) is 13.2 Å². The largest absolute Gasteiger partial charge is 0.496 e. The first-order valence-electron chi connectivity index (χ1n) is 5.02. The first-order valence-corrected chi connectivity index (χ1v) is 5.83. The van der Waals surface area contributed by atoms with Crippen LogP contribution in [0.15, 0.2) is 23.1 Å². The van der Waals surface area contributed by atoms with E-state index in [1.165, 1.54) is 11.8 Å². The second-order valence-corrected chi connectivity index (χ2v) is 5.28. The van der Waals surface area contributed by atoms with Gasteiger partial charge in [0, 0.05) is 0 Å². The quantitative estimate of drug-likeness (QED) is 0.806. The van der Waals surface area contributed by atoms with E-state index in [-0.39, 0.29) is 0 Å². The molecule has 4 heteroatoms. The van der Waals surface area contributed by atoms with Crippen LogP contribution in [0.3, 0.4) is 0 Å². The Balaban J connectivity index is 2.26. The molecule has 1 aromatic carbocycles. The molecule has 84 valence electrons. The van der Waals surface area contributed by atoms with Crippen LogP contribution in [-0.2, 0) is 4.74 Å². The van der Waals surface area contributed by atoms with Crippen molar-refractivity contribution in [3.63, 3.8) is 0 Å². The van der Waals surface area contributed by atoms with Crippen LogP contribution >= 0.6 is 11.8 Å². The van der Waals surface area contributed by atoms with E-state index in [9.17, 15) is 0 Å². The van der Waals surface area contributed by atoms with Crippen LogP contribution in [-0.4, -0.2) is 25.1 Å². The fraction of sp³-hybridized carbons (Fsp3) is 0.417. The fourth-order valence-electron chi connectivity index (χ4n) is 1.51. The normalized spacial score (nSPS) is 17.3. The van der Waals surface area contributed by atoms with Crippen molar-refractivity contribution in [3.8, 4) is 11.8 Å². The molecule has 0 unspecified atom stereocenters. The second-order valence-electron chi connectivity index (χ2n) is 3.86. The Morgan fingerprint density at radius 3 is 2.75 bits per heavy atom. The number of rotatable bonds is 3. The summed E-state index contributed by atoms with van der Waals surface area (Å²) in [7, 11) is 1.64. The molecule has 1 heterocycles. The molecule has 1 aromatic rings. The molecule has 0 radical (unpaired) electrons. The lowest BCUT2D eigenvalue weighted by Crippen LogP contribution is -2.45. The number of hydrogen-bond donors (Lipinski definition) is 0. The maximum Gasteiger partial charge on any atom is 0.153 e. The van der Waals surface area contributed by atoms with Crippen molar-refractivity contribution in [2.45, 2.75) is 16.6 Å². The van der Waals surface area contributed by atoms with Gasteiger partial charge in [-0.2, -0.15) is 5.26 Å². The van der Waals surface area contributed by atoms with Gasteiger partial charge in [-0.3, -0.25) is 0 Å². The summed E-state index contributed by atoms with van der Waals surface area (Å²) in [6, 6.07) is 8.29. The molecule has 3 nitrogen and oxygen atoms in total. The van der Waals surface area contributed by atoms with Crippen molar-refractivity contribution in [1.82, 2.24) is 0 Å². The third kappa shape index (κ3) is 2.01. The monoisotopic (exact) mass is 235 g/mol. The molecule has 1 saturated heterocycles. The van der Waals surface area contributed by atoms with Gasteiger partial charge in [-0.25, -0.2) is 0 Å². The molecular weight excluding hydrogens is 222 g/mol. The lowest BCUT2D eigenvalue weighted by atomic mass is 10.1. The van der Waals surface area contributed by atoms with Crippen LogP contribution in [0.4, 0.5) is 0 Å². The third-order valence-corrected chi connectivity index (χ3v) is 3.76. The van der Waals surface area contributed by atoms with Gasteiger partial charge in [0.15, 0.2) is 4.75 Å². The summed E-state index contributed by atoms with van der Waals surface area (Å²) in [5, 5.41) is 9.14. The molecule has 16 heavy (non-hydrogen) atoms. The second kappa shape index (κ2) is 4.36. The molecule has 0 aromatic heterocycles. The van der Waals surface area contributed by atoms with E-state index < -0.39 is 4.75 Å². The Hall–Kier alpha value is -1.18. The molecule has 1 aliphatic heterocycles. The number of methoxy groups -OCH3 is 1. The van der Waals surface area contributed by atoms with Crippen molar-refractivity contribution in [3.05, 3.63) is 23.8 Å². The topological polar surface area (TPSA) is 42.2 Å². The van der Waals surface area contributed by atoms with Gasteiger partial charge in [0.25, 0.3) is 0 Å². The molecule has 0 spiro atoms. The summed E-state index contributed by atoms with van der Waals surface area (Å²) in [5.74, 6) is 0.817. The highest BCUT2D eigenvalue weighted by Crippen LogP contribution is 2.42. The van der Waals surface area contributed by atoms with Gasteiger partial charge in [-0.15, -0.1) is 0 Å². The molecule has 0 aliphatic carbocycles. The van der Waals surface area contributed by atoms with Gasteiger partial charge >= 0.3 is 0 Å². The molecular formula is C12H13NO2S. The van der Waals surface area contributed by atoms with E-state index in [2.05, 4.69) is 6.07 Å². The number of nitrogens with zero attached hydrogens (tertiary/aromatic N) is 1. The first-order chi connectivity index (χ1) is 7.69. The van der Waals surface area contributed by atoms with Gasteiger partial charge in [-0.05, 0) is 24.6 Å². The highest BCUT2D eigenvalue weighted by Gasteiger charge is 2.40. The molecule has 2 rings (SSSR count). The Labute approximate surface area is 99.4 Å². The summed E-state index contributed by atoms with van der Waals surface area (Å²) in [4.78, 5) is 1.01. The molecule has 1 aliphatic rings. The van der Waals surface area contributed by atoms with Gasteiger partial charge in [0.2, 0.25) is 0 Å². The lowest BCUT2D eigenvalue weighted by molar-refractivity contribution is 0.0161. The fourth-order valence-corrected chi connectivity index (χ4v) is 2.76. The van der Waals surface area contributed by atoms with Gasteiger partial charge < -0.3 is 9.47 Å². The number of nitriles is 1. The molecule has 0 atom stereocenters. The number of hydrogen-bond acceptors (Lipinski definition) is 4. The third-order valence-electron chi connectivity index (χ3n) is 2.50. The van der Waals surface area contributed by atoms with Gasteiger partial charge in [-0.1, -0.05) is 17.8 Å². The number of thioether (sulfide) groups is 1. The van der Waals surface area contributed by atoms with Crippen LogP contribution < -0.4 is 4.74 Å². The number of benzene rings is 1. The number of aryl methyl sites for hydroxylation is 1. The van der Waals surface area contributed by atoms with E-state index in [1.807, 2.05) is 25.1 Å². The minimum absolute atomic E-state index is 0.429. The minimum atomic E-state index is -0.429. The molecule has 0 saturated carbocycles. The molecule has 1 fully saturated rings. The van der Waals surface area contributed by atoms with Crippen LogP contribution in [0.2, 0.25) is 0 Å². The predicted octanol–water partition coefficient (Wildman–Crippen LogP) is 2.39. The zero-order chi connectivity index (χ0) is 11.6. The number of ether oxygens (including phenoxy) is 2. The Morgan fingerprint density at radius 2 is 2.25 bits per heavy atom. The first kappa shape index (κ1) is 11.3. The maximum atomic E-state index is 9.14. The zero-order valence-corrected chi connectivity index (χ0v) is 10.1. The highest BCUT2D eigenvalue weighted by molar-refractivity contribution is 8.01. The van der Waals surface area contributed by atoms with Crippen molar-refractivity contribution < 1.29 is 9.47 Å². The van der Waals surface area contributed by atoms with Crippen LogP contribution in [0.25, 0.3) is 0 Å². The van der Waals surface area contributed by atoms with Crippen molar-refractivity contribution in [1.29, 1.82) is 5.26 Å². The van der Waals surface area contributed by atoms with Crippen molar-refractivity contribution in [2.24, 2.45) is 0 Å². The average Bonchev–Trinajstić information content (AvgIpc) is 2.24. The molecule has 0 bridgehead atoms. The Bertz CT molecular complexity index is 435. The van der Waals surface area contributed by atoms with E-state index in [4.69, 9.17) is 14.7 Å². The summed E-state index contributed by atoms with van der Waals surface area (Å²) in [6.45, 7) is 3.01. The predicted molar refractivity (Wildman–Crippen MR) is 62.8 cm³/mol. The Kier molecular flexibility index (Phi) is 3.08. The van der Waals surface area contributed by atoms with Crippen LogP contribution in [0.1, 0.15) is 5.56 Å². The maximum absolute atomic E-state index is 9.14. The molecule has 0 N–H and O–H groups in total. The van der Waals surface area contributed by atoms with Crippen molar-refractivity contribution >= 4 is 11.8 Å². The van der Waals surface area contributed by atoms with Crippen LogP contribution in [0.5, 0.6) is 5.75 Å². The molecule has 0 amide bonds. The van der Waals surface area contributed by atoms with Crippen LogP contribution in [0, 0.1) is 18.3 Å². The summed E-state index contributed by atoms with van der Waals surface area (Å²) < 4.78 is 9.98. The highest BCUT2D eigenvalue weighted by atomic mass is 32.2. The van der Waals surface area contributed by atoms with E-state index in [1.54, 1.807) is 7.11 Å². The summed E-state index contributed by atoms with van der Waals surface area (Å²) >= 11 is 1.53. The summed E-state index contributed by atoms with van der Waals surface area (Å²) in [6.07, 6.45) is 0. The average molecular weight is 235 g/mol. The minimum Gasteiger partial charge on any atom is -0.496 e. The Morgan fingerprint density at radius 1 is 1.50 bits per heavy atom. The van der Waals surface area contributed by atoms with Crippen molar-refractivity contribution in [2.75, 3.05) is 20.3 Å². The van der Waals surface area contributed by atoms with Gasteiger partial charge in [0.05, 0.1) is 31.3 Å². The lowest BCUT2D eigenvalue weighted by Gasteiger charge is -2.34. The summed E-state index contributed by atoms with van der Waals surface area (Å²) in [5.41, 5.74) is 1.16. The SMILES string of the molecule is COc1ccc(C)cc1SC1(C#N)COC1. The zero-order valence-electron chi connectivity index (χ0n) is 9.32. The smallest absolute Gasteiger partial charge is 0.153 e.